The highest BCUT2D eigenvalue weighted by Gasteiger charge is 2.49. The standard InChI is InChI=1S/C30H36O4/c1-20(2)7-11-24-19-26(27(32)14-10-23-8-12-25(31)13-9-23)29(34)30(28(24)33,17-15-21(3)4)18-16-22(5)6/h7-10,12-16,19,31-32H,11,17-18H2,1-6H3/b14-10+,27-26?. The molecule has 0 aromatic heterocycles. The number of benzene rings is 1. The first-order valence-corrected chi connectivity index (χ1v) is 11.6. The highest BCUT2D eigenvalue weighted by molar-refractivity contribution is 6.24. The lowest BCUT2D eigenvalue weighted by Crippen LogP contribution is -2.43. The van der Waals surface area contributed by atoms with Crippen molar-refractivity contribution in [1.29, 1.82) is 0 Å². The van der Waals surface area contributed by atoms with Crippen LogP contribution in [0.25, 0.3) is 6.08 Å². The Balaban J connectivity index is 2.68. The van der Waals surface area contributed by atoms with Crippen LogP contribution in [0, 0.1) is 5.41 Å². The second-order valence-electron chi connectivity index (χ2n) is 9.59. The highest BCUT2D eigenvalue weighted by Crippen LogP contribution is 2.42. The quantitative estimate of drug-likeness (QED) is 0.184. The molecule has 0 spiro atoms. The van der Waals surface area contributed by atoms with Crippen LogP contribution in [0.3, 0.4) is 0 Å². The topological polar surface area (TPSA) is 74.6 Å². The summed E-state index contributed by atoms with van der Waals surface area (Å²) >= 11 is 0. The molecule has 0 atom stereocenters. The first-order chi connectivity index (χ1) is 16.0. The van der Waals surface area contributed by atoms with Crippen LogP contribution < -0.4 is 0 Å². The van der Waals surface area contributed by atoms with Gasteiger partial charge in [-0.2, -0.15) is 0 Å². The van der Waals surface area contributed by atoms with Gasteiger partial charge in [-0.25, -0.2) is 0 Å². The average molecular weight is 461 g/mol. The van der Waals surface area contributed by atoms with Crippen LogP contribution in [0.15, 0.2) is 88.3 Å². The van der Waals surface area contributed by atoms with Gasteiger partial charge in [0.1, 0.15) is 16.9 Å². The van der Waals surface area contributed by atoms with E-state index < -0.39 is 5.41 Å². The maximum Gasteiger partial charge on any atom is 0.181 e. The van der Waals surface area contributed by atoms with E-state index in [0.717, 1.165) is 22.3 Å². The molecule has 1 aliphatic carbocycles. The first-order valence-electron chi connectivity index (χ1n) is 11.6. The van der Waals surface area contributed by atoms with Crippen molar-refractivity contribution < 1.29 is 19.8 Å². The Kier molecular flexibility index (Phi) is 9.19. The van der Waals surface area contributed by atoms with E-state index in [4.69, 9.17) is 0 Å². The molecule has 34 heavy (non-hydrogen) atoms. The number of aliphatic hydroxyl groups is 1. The summed E-state index contributed by atoms with van der Waals surface area (Å²) in [5.74, 6) is -0.569. The molecule has 0 bridgehead atoms. The largest absolute Gasteiger partial charge is 0.508 e. The number of aliphatic hydroxyl groups excluding tert-OH is 1. The van der Waals surface area contributed by atoms with Crippen LogP contribution in [-0.2, 0) is 9.59 Å². The molecule has 0 saturated heterocycles. The molecule has 0 fully saturated rings. The average Bonchev–Trinajstić information content (AvgIpc) is 2.77. The van der Waals surface area contributed by atoms with Crippen molar-refractivity contribution >= 4 is 17.6 Å². The number of phenolic OH excluding ortho intramolecular Hbond substituents is 1. The number of aromatic hydroxyl groups is 1. The Labute approximate surface area is 203 Å². The SMILES string of the molecule is CC(C)=CCC1=CC(=C(O)/C=C/c2ccc(O)cc2)C(=O)C(CC=C(C)C)(CC=C(C)C)C1=O. The fourth-order valence-electron chi connectivity index (χ4n) is 3.69. The second-order valence-corrected chi connectivity index (χ2v) is 9.59. The molecule has 0 unspecified atom stereocenters. The molecule has 0 aliphatic heterocycles. The maximum atomic E-state index is 13.8. The van der Waals surface area contributed by atoms with Crippen LogP contribution in [0.4, 0.5) is 0 Å². The minimum absolute atomic E-state index is 0.149. The van der Waals surface area contributed by atoms with Crippen LogP contribution >= 0.6 is 0 Å². The molecule has 2 rings (SSSR count). The maximum absolute atomic E-state index is 13.8. The van der Waals surface area contributed by atoms with Gasteiger partial charge in [0.05, 0.1) is 5.57 Å². The van der Waals surface area contributed by atoms with Crippen molar-refractivity contribution in [3.63, 3.8) is 0 Å². The number of phenols is 1. The Morgan fingerprint density at radius 2 is 1.35 bits per heavy atom. The molecule has 4 heteroatoms. The smallest absolute Gasteiger partial charge is 0.181 e. The molecule has 0 amide bonds. The number of rotatable bonds is 8. The Bertz CT molecular complexity index is 1090. The van der Waals surface area contributed by atoms with E-state index in [-0.39, 0.29) is 41.5 Å². The molecule has 1 aromatic rings. The number of hydrogen-bond acceptors (Lipinski definition) is 4. The predicted octanol–water partition coefficient (Wildman–Crippen LogP) is 7.35. The van der Waals surface area contributed by atoms with E-state index in [0.29, 0.717) is 12.0 Å². The van der Waals surface area contributed by atoms with Gasteiger partial charge in [-0.15, -0.1) is 0 Å². The minimum Gasteiger partial charge on any atom is -0.508 e. The van der Waals surface area contributed by atoms with E-state index in [1.807, 2.05) is 59.8 Å². The van der Waals surface area contributed by atoms with Gasteiger partial charge < -0.3 is 10.2 Å². The number of ketones is 2. The fourth-order valence-corrected chi connectivity index (χ4v) is 3.69. The van der Waals surface area contributed by atoms with Crippen LogP contribution in [0.2, 0.25) is 0 Å². The Hall–Kier alpha value is -3.40. The fraction of sp³-hybridized carbons (Fsp3) is 0.333. The second kappa shape index (κ2) is 11.6. The molecule has 1 aliphatic rings. The summed E-state index contributed by atoms with van der Waals surface area (Å²) in [6, 6.07) is 6.52. The van der Waals surface area contributed by atoms with Crippen molar-refractivity contribution in [2.24, 2.45) is 5.41 Å². The van der Waals surface area contributed by atoms with Gasteiger partial charge in [0.2, 0.25) is 0 Å². The van der Waals surface area contributed by atoms with E-state index in [1.54, 1.807) is 36.4 Å². The van der Waals surface area contributed by atoms with Gasteiger partial charge >= 0.3 is 0 Å². The zero-order valence-corrected chi connectivity index (χ0v) is 21.1. The zero-order valence-electron chi connectivity index (χ0n) is 21.1. The molecule has 180 valence electrons. The molecule has 0 radical (unpaired) electrons. The van der Waals surface area contributed by atoms with Gasteiger partial charge in [-0.1, -0.05) is 53.2 Å². The molecular formula is C30H36O4. The summed E-state index contributed by atoms with van der Waals surface area (Å²) in [6.07, 6.45) is 11.5. The number of Topliss-reactive ketones (excluding diaryl/α,β-unsaturated/α-hetero) is 2. The van der Waals surface area contributed by atoms with Crippen molar-refractivity contribution in [1.82, 2.24) is 0 Å². The van der Waals surface area contributed by atoms with Crippen molar-refractivity contribution in [3.05, 3.63) is 93.8 Å². The Morgan fingerprint density at radius 1 is 0.824 bits per heavy atom. The lowest BCUT2D eigenvalue weighted by atomic mass is 9.65. The first kappa shape index (κ1) is 26.8. The van der Waals surface area contributed by atoms with E-state index in [1.165, 1.54) is 6.08 Å². The lowest BCUT2D eigenvalue weighted by molar-refractivity contribution is -0.136. The van der Waals surface area contributed by atoms with E-state index in [9.17, 15) is 19.8 Å². The molecule has 4 nitrogen and oxygen atoms in total. The monoisotopic (exact) mass is 460 g/mol. The van der Waals surface area contributed by atoms with Crippen LogP contribution in [0.5, 0.6) is 5.75 Å². The third kappa shape index (κ3) is 6.80. The highest BCUT2D eigenvalue weighted by atomic mass is 16.3. The predicted molar refractivity (Wildman–Crippen MR) is 139 cm³/mol. The number of carbonyl (C=O) groups is 2. The van der Waals surface area contributed by atoms with Crippen molar-refractivity contribution in [2.45, 2.75) is 60.8 Å². The minimum atomic E-state index is -1.29. The molecular weight excluding hydrogens is 424 g/mol. The van der Waals surface area contributed by atoms with Gasteiger partial charge in [0.25, 0.3) is 0 Å². The number of carbonyl (C=O) groups excluding carboxylic acids is 2. The van der Waals surface area contributed by atoms with Crippen molar-refractivity contribution in [2.75, 3.05) is 0 Å². The third-order valence-electron chi connectivity index (χ3n) is 5.77. The normalized spacial score (nSPS) is 16.7. The molecule has 0 saturated carbocycles. The summed E-state index contributed by atoms with van der Waals surface area (Å²) in [5.41, 5.74) is 3.27. The van der Waals surface area contributed by atoms with Crippen molar-refractivity contribution in [3.8, 4) is 5.75 Å². The van der Waals surface area contributed by atoms with Gasteiger partial charge in [0, 0.05) is 5.57 Å². The lowest BCUT2D eigenvalue weighted by Gasteiger charge is -2.34. The zero-order chi connectivity index (χ0) is 25.5. The molecule has 0 heterocycles. The van der Waals surface area contributed by atoms with Gasteiger partial charge in [-0.05, 0) is 90.7 Å². The summed E-state index contributed by atoms with van der Waals surface area (Å²) < 4.78 is 0. The summed E-state index contributed by atoms with van der Waals surface area (Å²) in [5, 5.41) is 20.4. The Morgan fingerprint density at radius 3 is 1.85 bits per heavy atom. The van der Waals surface area contributed by atoms with Gasteiger partial charge in [-0.3, -0.25) is 9.59 Å². The van der Waals surface area contributed by atoms with E-state index in [2.05, 4.69) is 0 Å². The molecule has 2 N–H and O–H groups in total. The van der Waals surface area contributed by atoms with E-state index >= 15 is 0 Å². The summed E-state index contributed by atoms with van der Waals surface area (Å²) in [6.45, 7) is 11.7. The number of hydrogen-bond donors (Lipinski definition) is 2. The van der Waals surface area contributed by atoms with Crippen LogP contribution in [0.1, 0.15) is 66.4 Å². The van der Waals surface area contributed by atoms with Crippen LogP contribution in [-0.4, -0.2) is 21.8 Å². The summed E-state index contributed by atoms with van der Waals surface area (Å²) in [7, 11) is 0. The molecule has 1 aromatic carbocycles. The third-order valence-corrected chi connectivity index (χ3v) is 5.77. The van der Waals surface area contributed by atoms with Gasteiger partial charge in [0.15, 0.2) is 11.6 Å². The number of allylic oxidation sites excluding steroid dienone is 10. The summed E-state index contributed by atoms with van der Waals surface area (Å²) in [4.78, 5) is 27.6.